The van der Waals surface area contributed by atoms with Gasteiger partial charge in [0.15, 0.2) is 0 Å². The number of nitrogens with one attached hydrogen (secondary N) is 1. The molecule has 1 aliphatic heterocycles. The zero-order valence-corrected chi connectivity index (χ0v) is 10.4. The van der Waals surface area contributed by atoms with Crippen LogP contribution in [0.4, 0.5) is 0 Å². The molecule has 0 spiro atoms. The van der Waals surface area contributed by atoms with E-state index in [4.69, 9.17) is 15.2 Å². The molecule has 1 aliphatic rings. The Labute approximate surface area is 106 Å². The van der Waals surface area contributed by atoms with Crippen LogP contribution in [-0.4, -0.2) is 31.7 Å². The van der Waals surface area contributed by atoms with Crippen molar-refractivity contribution >= 4 is 5.91 Å². The predicted molar refractivity (Wildman–Crippen MR) is 67.7 cm³/mol. The van der Waals surface area contributed by atoms with Crippen molar-refractivity contribution in [3.63, 3.8) is 0 Å². The molecule has 2 rings (SSSR count). The molecular weight excluding hydrogens is 232 g/mol. The van der Waals surface area contributed by atoms with Crippen LogP contribution >= 0.6 is 0 Å². The number of primary amides is 1. The summed E-state index contributed by atoms with van der Waals surface area (Å²) in [6.07, 6.45) is 1.66. The van der Waals surface area contributed by atoms with Crippen LogP contribution in [0.3, 0.4) is 0 Å². The number of rotatable bonds is 5. The van der Waals surface area contributed by atoms with E-state index in [2.05, 4.69) is 5.32 Å². The minimum Gasteiger partial charge on any atom is -0.497 e. The van der Waals surface area contributed by atoms with E-state index in [-0.39, 0.29) is 12.5 Å². The molecule has 18 heavy (non-hydrogen) atoms. The first-order valence-electron chi connectivity index (χ1n) is 5.98. The van der Waals surface area contributed by atoms with Gasteiger partial charge in [-0.3, -0.25) is 4.79 Å². The number of nitrogens with two attached hydrogens (primary N) is 1. The second kappa shape index (κ2) is 5.27. The van der Waals surface area contributed by atoms with Gasteiger partial charge in [-0.25, -0.2) is 0 Å². The van der Waals surface area contributed by atoms with Gasteiger partial charge in [-0.1, -0.05) is 0 Å². The topological polar surface area (TPSA) is 73.6 Å². The Hall–Kier alpha value is -1.75. The van der Waals surface area contributed by atoms with Crippen LogP contribution < -0.4 is 20.5 Å². The molecule has 5 heteroatoms. The predicted octanol–water partition coefficient (Wildman–Crippen LogP) is 0.681. The molecule has 3 N–H and O–H groups in total. The molecule has 5 nitrogen and oxygen atoms in total. The monoisotopic (exact) mass is 250 g/mol. The summed E-state index contributed by atoms with van der Waals surface area (Å²) in [5.41, 5.74) is 4.72. The molecule has 0 aliphatic carbocycles. The Morgan fingerprint density at radius 1 is 1.39 bits per heavy atom. The van der Waals surface area contributed by atoms with Crippen LogP contribution in [0.5, 0.6) is 11.5 Å². The van der Waals surface area contributed by atoms with Crippen LogP contribution in [0.2, 0.25) is 0 Å². The van der Waals surface area contributed by atoms with Crippen molar-refractivity contribution in [3.05, 3.63) is 24.3 Å². The van der Waals surface area contributed by atoms with Crippen molar-refractivity contribution in [1.29, 1.82) is 0 Å². The second-order valence-electron chi connectivity index (χ2n) is 4.44. The van der Waals surface area contributed by atoms with E-state index in [9.17, 15) is 4.79 Å². The van der Waals surface area contributed by atoms with Crippen LogP contribution in [0.1, 0.15) is 12.8 Å². The number of carbonyl (C=O) groups excluding carboxylic acids is 1. The van der Waals surface area contributed by atoms with Crippen molar-refractivity contribution in [2.75, 3.05) is 20.3 Å². The smallest absolute Gasteiger partial charge is 0.241 e. The molecular formula is C13H18N2O3. The third-order valence-corrected chi connectivity index (χ3v) is 3.26. The minimum absolute atomic E-state index is 0.259. The van der Waals surface area contributed by atoms with Gasteiger partial charge >= 0.3 is 0 Å². The Kier molecular flexibility index (Phi) is 3.72. The molecule has 98 valence electrons. The first-order valence-corrected chi connectivity index (χ1v) is 5.98. The summed E-state index contributed by atoms with van der Waals surface area (Å²) in [5, 5.41) is 3.14. The van der Waals surface area contributed by atoms with Gasteiger partial charge in [-0.2, -0.15) is 0 Å². The third-order valence-electron chi connectivity index (χ3n) is 3.26. The summed E-state index contributed by atoms with van der Waals surface area (Å²) in [6.45, 7) is 1.06. The molecule has 1 aromatic rings. The van der Waals surface area contributed by atoms with E-state index < -0.39 is 5.54 Å². The number of methoxy groups -OCH3 is 1. The van der Waals surface area contributed by atoms with Crippen molar-refractivity contribution in [2.45, 2.75) is 18.4 Å². The molecule has 1 unspecified atom stereocenters. The first kappa shape index (κ1) is 12.7. The maximum atomic E-state index is 11.5. The molecule has 1 heterocycles. The Bertz CT molecular complexity index is 411. The van der Waals surface area contributed by atoms with E-state index >= 15 is 0 Å². The van der Waals surface area contributed by atoms with Gasteiger partial charge in [0, 0.05) is 0 Å². The van der Waals surface area contributed by atoms with E-state index in [1.54, 1.807) is 7.11 Å². The number of carbonyl (C=O) groups is 1. The number of ether oxygens (including phenoxy) is 2. The Morgan fingerprint density at radius 3 is 2.56 bits per heavy atom. The molecule has 0 radical (unpaired) electrons. The fourth-order valence-corrected chi connectivity index (χ4v) is 2.09. The fourth-order valence-electron chi connectivity index (χ4n) is 2.09. The number of amides is 1. The number of hydrogen-bond acceptors (Lipinski definition) is 4. The molecule has 0 saturated carbocycles. The minimum atomic E-state index is -0.722. The second-order valence-corrected chi connectivity index (χ2v) is 4.44. The lowest BCUT2D eigenvalue weighted by atomic mass is 9.98. The van der Waals surface area contributed by atoms with E-state index in [1.807, 2.05) is 24.3 Å². The maximum Gasteiger partial charge on any atom is 0.241 e. The normalized spacial score (nSPS) is 22.7. The molecule has 0 bridgehead atoms. The SMILES string of the molecule is COc1ccc(OCC2(C(N)=O)CCCN2)cc1. The zero-order chi connectivity index (χ0) is 13.0. The highest BCUT2D eigenvalue weighted by Gasteiger charge is 2.40. The standard InChI is InChI=1S/C13H18N2O3/c1-17-10-3-5-11(6-4-10)18-9-13(12(14)16)7-2-8-15-13/h3-6,15H,2,7-9H2,1H3,(H2,14,16). The lowest BCUT2D eigenvalue weighted by Crippen LogP contribution is -2.55. The van der Waals surface area contributed by atoms with Crippen LogP contribution in [0.15, 0.2) is 24.3 Å². The molecule has 1 fully saturated rings. The van der Waals surface area contributed by atoms with Gasteiger partial charge in [0.25, 0.3) is 0 Å². The van der Waals surface area contributed by atoms with Crippen LogP contribution in [-0.2, 0) is 4.79 Å². The highest BCUT2D eigenvalue weighted by molar-refractivity contribution is 5.85. The number of benzene rings is 1. The summed E-state index contributed by atoms with van der Waals surface area (Å²) >= 11 is 0. The van der Waals surface area contributed by atoms with Gasteiger partial charge in [-0.05, 0) is 43.7 Å². The maximum absolute atomic E-state index is 11.5. The van der Waals surface area contributed by atoms with E-state index in [0.717, 1.165) is 25.1 Å². The average Bonchev–Trinajstić information content (AvgIpc) is 2.87. The summed E-state index contributed by atoms with van der Waals surface area (Å²) in [6, 6.07) is 7.24. The van der Waals surface area contributed by atoms with E-state index in [1.165, 1.54) is 0 Å². The van der Waals surface area contributed by atoms with Gasteiger partial charge < -0.3 is 20.5 Å². The lowest BCUT2D eigenvalue weighted by molar-refractivity contribution is -0.125. The molecule has 1 amide bonds. The summed E-state index contributed by atoms with van der Waals surface area (Å²) in [5.74, 6) is 1.12. The first-order chi connectivity index (χ1) is 8.66. The highest BCUT2D eigenvalue weighted by Crippen LogP contribution is 2.22. The van der Waals surface area contributed by atoms with Crippen molar-refractivity contribution in [1.82, 2.24) is 5.32 Å². The molecule has 0 aromatic heterocycles. The molecule has 1 atom stereocenters. The molecule has 1 aromatic carbocycles. The van der Waals surface area contributed by atoms with Crippen molar-refractivity contribution in [3.8, 4) is 11.5 Å². The zero-order valence-electron chi connectivity index (χ0n) is 10.4. The quantitative estimate of drug-likeness (QED) is 0.806. The fraction of sp³-hybridized carbons (Fsp3) is 0.462. The van der Waals surface area contributed by atoms with Gasteiger partial charge in [-0.15, -0.1) is 0 Å². The number of hydrogen-bond donors (Lipinski definition) is 2. The summed E-state index contributed by atoms with van der Waals surface area (Å²) in [7, 11) is 1.61. The van der Waals surface area contributed by atoms with Gasteiger partial charge in [0.2, 0.25) is 5.91 Å². The Morgan fingerprint density at radius 2 is 2.06 bits per heavy atom. The average molecular weight is 250 g/mol. The van der Waals surface area contributed by atoms with Gasteiger partial charge in [0.1, 0.15) is 23.6 Å². The summed E-state index contributed by atoms with van der Waals surface area (Å²) in [4.78, 5) is 11.5. The van der Waals surface area contributed by atoms with Crippen molar-refractivity contribution < 1.29 is 14.3 Å². The van der Waals surface area contributed by atoms with Crippen molar-refractivity contribution in [2.24, 2.45) is 5.73 Å². The van der Waals surface area contributed by atoms with Crippen LogP contribution in [0, 0.1) is 0 Å². The largest absolute Gasteiger partial charge is 0.497 e. The van der Waals surface area contributed by atoms with Crippen LogP contribution in [0.25, 0.3) is 0 Å². The molecule has 1 saturated heterocycles. The Balaban J connectivity index is 1.99. The highest BCUT2D eigenvalue weighted by atomic mass is 16.5. The van der Waals surface area contributed by atoms with E-state index in [0.29, 0.717) is 5.75 Å². The lowest BCUT2D eigenvalue weighted by Gasteiger charge is -2.25. The summed E-state index contributed by atoms with van der Waals surface area (Å²) < 4.78 is 10.7. The third kappa shape index (κ3) is 2.56. The van der Waals surface area contributed by atoms with Gasteiger partial charge in [0.05, 0.1) is 7.11 Å².